The molecule has 1 aromatic rings. The van der Waals surface area contributed by atoms with E-state index in [0.29, 0.717) is 17.9 Å². The molecule has 1 fully saturated rings. The lowest BCUT2D eigenvalue weighted by Crippen LogP contribution is -2.43. The van der Waals surface area contributed by atoms with E-state index in [1.165, 1.54) is 29.7 Å². The Labute approximate surface area is 167 Å². The van der Waals surface area contributed by atoms with Crippen LogP contribution in [0.25, 0.3) is 0 Å². The number of ether oxygens (including phenoxy) is 1. The lowest BCUT2D eigenvalue weighted by Gasteiger charge is -2.24. The van der Waals surface area contributed by atoms with Gasteiger partial charge >= 0.3 is 0 Å². The maximum absolute atomic E-state index is 5.27. The number of guanidine groups is 1. The summed E-state index contributed by atoms with van der Waals surface area (Å²) in [7, 11) is 1.73. The van der Waals surface area contributed by atoms with Gasteiger partial charge in [0, 0.05) is 24.9 Å². The molecule has 0 radical (unpaired) electrons. The predicted molar refractivity (Wildman–Crippen MR) is 115 cm³/mol. The highest BCUT2D eigenvalue weighted by molar-refractivity contribution is 14.0. The van der Waals surface area contributed by atoms with Gasteiger partial charge < -0.3 is 15.4 Å². The van der Waals surface area contributed by atoms with E-state index in [0.717, 1.165) is 19.0 Å². The van der Waals surface area contributed by atoms with Crippen LogP contribution in [-0.4, -0.2) is 36.7 Å². The molecule has 6 heteroatoms. The summed E-state index contributed by atoms with van der Waals surface area (Å²) in [5.74, 6) is 2.17. The second kappa shape index (κ2) is 11.2. The summed E-state index contributed by atoms with van der Waals surface area (Å²) in [6.45, 7) is 7.57. The lowest BCUT2D eigenvalue weighted by atomic mass is 10.1. The molecule has 0 aliphatic carbocycles. The van der Waals surface area contributed by atoms with Crippen LogP contribution in [0.4, 0.5) is 0 Å². The molecule has 4 nitrogen and oxygen atoms in total. The fourth-order valence-electron chi connectivity index (χ4n) is 2.76. The van der Waals surface area contributed by atoms with Gasteiger partial charge in [-0.1, -0.05) is 24.3 Å². The molecule has 1 aliphatic heterocycles. The van der Waals surface area contributed by atoms with E-state index < -0.39 is 0 Å². The van der Waals surface area contributed by atoms with Gasteiger partial charge in [-0.2, -0.15) is 11.8 Å². The molecule has 2 rings (SSSR count). The highest BCUT2D eigenvalue weighted by Gasteiger charge is 2.29. The molecule has 0 spiro atoms. The van der Waals surface area contributed by atoms with Crippen molar-refractivity contribution in [2.45, 2.75) is 44.6 Å². The molecule has 0 saturated carbocycles. The summed E-state index contributed by atoms with van der Waals surface area (Å²) in [5, 5.41) is 6.86. The fourth-order valence-corrected chi connectivity index (χ4v) is 4.01. The molecule has 1 atom stereocenters. The minimum absolute atomic E-state index is 0. The van der Waals surface area contributed by atoms with E-state index >= 15 is 0 Å². The first-order chi connectivity index (χ1) is 11.2. The van der Waals surface area contributed by atoms with Gasteiger partial charge in [-0.25, -0.2) is 4.99 Å². The van der Waals surface area contributed by atoms with Gasteiger partial charge in [0.05, 0.1) is 13.2 Å². The normalized spacial score (nSPS) is 20.5. The SMILES string of the molecule is CCNC(=NCc1ccccc1COC)NCC1(C)CCCS1.I. The van der Waals surface area contributed by atoms with Crippen molar-refractivity contribution < 1.29 is 4.74 Å². The van der Waals surface area contributed by atoms with Crippen LogP contribution >= 0.6 is 35.7 Å². The monoisotopic (exact) mass is 463 g/mol. The number of nitrogens with zero attached hydrogens (tertiary/aromatic N) is 1. The van der Waals surface area contributed by atoms with Gasteiger partial charge in [-0.3, -0.25) is 0 Å². The van der Waals surface area contributed by atoms with Gasteiger partial charge in [-0.05, 0) is 43.6 Å². The van der Waals surface area contributed by atoms with Crippen molar-refractivity contribution in [3.63, 3.8) is 0 Å². The van der Waals surface area contributed by atoms with E-state index in [1.807, 2.05) is 6.07 Å². The molecule has 2 N–H and O–H groups in total. The second-order valence-corrected chi connectivity index (χ2v) is 7.83. The zero-order valence-electron chi connectivity index (χ0n) is 14.9. The van der Waals surface area contributed by atoms with Crippen molar-refractivity contribution >= 4 is 41.7 Å². The summed E-state index contributed by atoms with van der Waals surface area (Å²) in [4.78, 5) is 4.75. The minimum Gasteiger partial charge on any atom is -0.380 e. The Bertz CT molecular complexity index is 519. The van der Waals surface area contributed by atoms with Gasteiger partial charge in [-0.15, -0.1) is 24.0 Å². The molecule has 1 aromatic carbocycles. The number of hydrogen-bond acceptors (Lipinski definition) is 3. The number of hydrogen-bond donors (Lipinski definition) is 2. The van der Waals surface area contributed by atoms with Crippen molar-refractivity contribution in [3.05, 3.63) is 35.4 Å². The Morgan fingerprint density at radius 2 is 2.04 bits per heavy atom. The zero-order chi connectivity index (χ0) is 16.5. The summed E-state index contributed by atoms with van der Waals surface area (Å²) in [5.41, 5.74) is 2.42. The largest absolute Gasteiger partial charge is 0.380 e. The number of methoxy groups -OCH3 is 1. The average molecular weight is 463 g/mol. The van der Waals surface area contributed by atoms with E-state index in [2.05, 4.69) is 54.4 Å². The maximum atomic E-state index is 5.27. The van der Waals surface area contributed by atoms with Crippen molar-refractivity contribution in [2.75, 3.05) is 26.0 Å². The quantitative estimate of drug-likeness (QED) is 0.367. The lowest BCUT2D eigenvalue weighted by molar-refractivity contribution is 0.184. The molecule has 1 aliphatic rings. The highest BCUT2D eigenvalue weighted by Crippen LogP contribution is 2.36. The average Bonchev–Trinajstić information content (AvgIpc) is 2.99. The van der Waals surface area contributed by atoms with E-state index in [9.17, 15) is 0 Å². The van der Waals surface area contributed by atoms with Crippen LogP contribution in [0.3, 0.4) is 0 Å². The third-order valence-corrected chi connectivity index (χ3v) is 5.64. The number of rotatable bonds is 7. The van der Waals surface area contributed by atoms with E-state index in [1.54, 1.807) is 7.11 Å². The van der Waals surface area contributed by atoms with Gasteiger partial charge in [0.2, 0.25) is 0 Å². The maximum Gasteiger partial charge on any atom is 0.191 e. The third kappa shape index (κ3) is 6.80. The Morgan fingerprint density at radius 1 is 1.29 bits per heavy atom. The Hall–Kier alpha value is -0.470. The van der Waals surface area contributed by atoms with Crippen molar-refractivity contribution in [3.8, 4) is 0 Å². The summed E-state index contributed by atoms with van der Waals surface area (Å²) >= 11 is 2.07. The summed E-state index contributed by atoms with van der Waals surface area (Å²) in [6, 6.07) is 8.32. The Balaban J connectivity index is 0.00000288. The van der Waals surface area contributed by atoms with Crippen LogP contribution in [0, 0.1) is 0 Å². The Morgan fingerprint density at radius 3 is 2.67 bits per heavy atom. The third-order valence-electron chi connectivity index (χ3n) is 4.10. The van der Waals surface area contributed by atoms with Crippen LogP contribution in [0.1, 0.15) is 37.8 Å². The van der Waals surface area contributed by atoms with Gasteiger partial charge in [0.15, 0.2) is 5.96 Å². The number of halogens is 1. The molecule has 1 unspecified atom stereocenters. The van der Waals surface area contributed by atoms with Crippen LogP contribution in [0.15, 0.2) is 29.3 Å². The minimum atomic E-state index is 0. The molecule has 1 saturated heterocycles. The van der Waals surface area contributed by atoms with Gasteiger partial charge in [0.1, 0.15) is 0 Å². The fraction of sp³-hybridized carbons (Fsp3) is 0.611. The topological polar surface area (TPSA) is 45.7 Å². The molecule has 0 bridgehead atoms. The van der Waals surface area contributed by atoms with Crippen molar-refractivity contribution in [2.24, 2.45) is 4.99 Å². The number of nitrogens with one attached hydrogen (secondary N) is 2. The van der Waals surface area contributed by atoms with Crippen molar-refractivity contribution in [1.82, 2.24) is 10.6 Å². The molecule has 0 amide bonds. The number of aliphatic imine (C=N–C) groups is 1. The van der Waals surface area contributed by atoms with Crippen LogP contribution in [0.5, 0.6) is 0 Å². The van der Waals surface area contributed by atoms with Crippen LogP contribution in [0.2, 0.25) is 0 Å². The standard InChI is InChI=1S/C18H29N3OS.HI/c1-4-19-17(21-14-18(2)10-7-11-23-18)20-12-15-8-5-6-9-16(15)13-22-3;/h5-6,8-9H,4,7,10-14H2,1-3H3,(H2,19,20,21);1H. The van der Waals surface area contributed by atoms with E-state index in [4.69, 9.17) is 9.73 Å². The first-order valence-electron chi connectivity index (χ1n) is 8.39. The van der Waals surface area contributed by atoms with Crippen molar-refractivity contribution in [1.29, 1.82) is 0 Å². The molecule has 136 valence electrons. The number of benzene rings is 1. The zero-order valence-corrected chi connectivity index (χ0v) is 18.1. The molecular formula is C18H30IN3OS. The molecule has 24 heavy (non-hydrogen) atoms. The van der Waals surface area contributed by atoms with Crippen LogP contribution in [-0.2, 0) is 17.9 Å². The smallest absolute Gasteiger partial charge is 0.191 e. The first-order valence-corrected chi connectivity index (χ1v) is 9.37. The van der Waals surface area contributed by atoms with E-state index in [-0.39, 0.29) is 24.0 Å². The molecule has 0 aromatic heterocycles. The Kier molecular flexibility index (Phi) is 10.1. The second-order valence-electron chi connectivity index (χ2n) is 6.15. The molecular weight excluding hydrogens is 433 g/mol. The summed E-state index contributed by atoms with van der Waals surface area (Å²) in [6.07, 6.45) is 2.60. The number of thioether (sulfide) groups is 1. The highest BCUT2D eigenvalue weighted by atomic mass is 127. The molecule has 1 heterocycles. The first kappa shape index (κ1) is 21.6. The predicted octanol–water partition coefficient (Wildman–Crippen LogP) is 3.79. The van der Waals surface area contributed by atoms with Crippen LogP contribution < -0.4 is 10.6 Å². The summed E-state index contributed by atoms with van der Waals surface area (Å²) < 4.78 is 5.61. The van der Waals surface area contributed by atoms with Gasteiger partial charge in [0.25, 0.3) is 0 Å².